The second-order valence-corrected chi connectivity index (χ2v) is 4.89. The van der Waals surface area contributed by atoms with Crippen molar-refractivity contribution < 1.29 is 4.79 Å². The van der Waals surface area contributed by atoms with E-state index in [4.69, 9.17) is 5.73 Å². The molecule has 0 aromatic carbocycles. The maximum absolute atomic E-state index is 12.1. The molecule has 0 aliphatic heterocycles. The summed E-state index contributed by atoms with van der Waals surface area (Å²) < 4.78 is 0. The second kappa shape index (κ2) is 5.14. The number of aromatic nitrogens is 2. The fourth-order valence-electron chi connectivity index (χ4n) is 1.56. The van der Waals surface area contributed by atoms with Gasteiger partial charge in [0.1, 0.15) is 5.01 Å². The maximum atomic E-state index is 12.1. The van der Waals surface area contributed by atoms with Crippen molar-refractivity contribution in [3.63, 3.8) is 0 Å². The van der Waals surface area contributed by atoms with Gasteiger partial charge in [0.15, 0.2) is 0 Å². The molecular weight excluding hydrogens is 248 g/mol. The van der Waals surface area contributed by atoms with E-state index in [-0.39, 0.29) is 11.9 Å². The average molecular weight is 262 g/mol. The standard InChI is InChI=1S/C12H14N4OS/c1-7-10(5-9(13)6-15-7)11(17)16-8(2)12-14-3-4-18-12/h3-6,8H,13H2,1-2H3,(H,16,17). The quantitative estimate of drug-likeness (QED) is 0.885. The molecule has 0 aliphatic carbocycles. The van der Waals surface area contributed by atoms with Crippen LogP contribution in [0.15, 0.2) is 23.8 Å². The highest BCUT2D eigenvalue weighted by atomic mass is 32.1. The fourth-order valence-corrected chi connectivity index (χ4v) is 2.21. The zero-order chi connectivity index (χ0) is 13.1. The number of pyridine rings is 1. The number of carbonyl (C=O) groups is 1. The lowest BCUT2D eigenvalue weighted by Crippen LogP contribution is -2.27. The van der Waals surface area contributed by atoms with Gasteiger partial charge in [-0.1, -0.05) is 0 Å². The maximum Gasteiger partial charge on any atom is 0.253 e. The van der Waals surface area contributed by atoms with Crippen molar-refractivity contribution in [2.45, 2.75) is 19.9 Å². The van der Waals surface area contributed by atoms with Gasteiger partial charge < -0.3 is 11.1 Å². The summed E-state index contributed by atoms with van der Waals surface area (Å²) in [6, 6.07) is 1.50. The lowest BCUT2D eigenvalue weighted by Gasteiger charge is -2.12. The van der Waals surface area contributed by atoms with E-state index in [9.17, 15) is 4.79 Å². The topological polar surface area (TPSA) is 80.9 Å². The van der Waals surface area contributed by atoms with E-state index in [0.29, 0.717) is 16.9 Å². The molecular formula is C12H14N4OS. The van der Waals surface area contributed by atoms with Gasteiger partial charge >= 0.3 is 0 Å². The van der Waals surface area contributed by atoms with Gasteiger partial charge in [0.05, 0.1) is 29.2 Å². The molecule has 6 heteroatoms. The molecule has 2 heterocycles. The van der Waals surface area contributed by atoms with Gasteiger partial charge in [-0.15, -0.1) is 11.3 Å². The Morgan fingerprint density at radius 2 is 2.28 bits per heavy atom. The van der Waals surface area contributed by atoms with Crippen LogP contribution in [0.1, 0.15) is 34.0 Å². The zero-order valence-corrected chi connectivity index (χ0v) is 11.0. The van der Waals surface area contributed by atoms with Crippen LogP contribution in [0.25, 0.3) is 0 Å². The largest absolute Gasteiger partial charge is 0.397 e. The SMILES string of the molecule is Cc1ncc(N)cc1C(=O)NC(C)c1nccs1. The van der Waals surface area contributed by atoms with Crippen LogP contribution in [0.2, 0.25) is 0 Å². The second-order valence-electron chi connectivity index (χ2n) is 3.97. The minimum atomic E-state index is -0.185. The first-order valence-electron chi connectivity index (χ1n) is 5.50. The van der Waals surface area contributed by atoms with Gasteiger partial charge in [-0.05, 0) is 19.9 Å². The Hall–Kier alpha value is -1.95. The van der Waals surface area contributed by atoms with Crippen molar-refractivity contribution in [2.24, 2.45) is 0 Å². The Morgan fingerprint density at radius 3 is 2.94 bits per heavy atom. The van der Waals surface area contributed by atoms with Crippen LogP contribution in [0.5, 0.6) is 0 Å². The highest BCUT2D eigenvalue weighted by Gasteiger charge is 2.15. The van der Waals surface area contributed by atoms with E-state index >= 15 is 0 Å². The predicted octanol–water partition coefficient (Wildman–Crippen LogP) is 1.92. The summed E-state index contributed by atoms with van der Waals surface area (Å²) in [6.45, 7) is 3.67. The number of nitrogens with two attached hydrogens (primary N) is 1. The first-order chi connectivity index (χ1) is 8.58. The number of carbonyl (C=O) groups excluding carboxylic acids is 1. The Kier molecular flexibility index (Phi) is 3.57. The smallest absolute Gasteiger partial charge is 0.253 e. The van der Waals surface area contributed by atoms with E-state index in [1.54, 1.807) is 19.2 Å². The molecule has 0 radical (unpaired) electrons. The third kappa shape index (κ3) is 2.65. The molecule has 18 heavy (non-hydrogen) atoms. The van der Waals surface area contributed by atoms with Crippen LogP contribution in [-0.4, -0.2) is 15.9 Å². The van der Waals surface area contributed by atoms with E-state index in [2.05, 4.69) is 15.3 Å². The fraction of sp³-hybridized carbons (Fsp3) is 0.250. The summed E-state index contributed by atoms with van der Waals surface area (Å²) in [5.74, 6) is -0.185. The first-order valence-corrected chi connectivity index (χ1v) is 6.38. The number of aryl methyl sites for hydroxylation is 1. The van der Waals surface area contributed by atoms with Crippen LogP contribution in [-0.2, 0) is 0 Å². The van der Waals surface area contributed by atoms with Gasteiger partial charge in [0, 0.05) is 11.6 Å². The highest BCUT2D eigenvalue weighted by molar-refractivity contribution is 7.09. The van der Waals surface area contributed by atoms with Gasteiger partial charge in [0.2, 0.25) is 0 Å². The summed E-state index contributed by atoms with van der Waals surface area (Å²) in [4.78, 5) is 20.3. The van der Waals surface area contributed by atoms with E-state index in [1.165, 1.54) is 17.5 Å². The summed E-state index contributed by atoms with van der Waals surface area (Å²) in [7, 11) is 0. The number of hydrogen-bond acceptors (Lipinski definition) is 5. The highest BCUT2D eigenvalue weighted by Crippen LogP contribution is 2.16. The predicted molar refractivity (Wildman–Crippen MR) is 71.4 cm³/mol. The Bertz CT molecular complexity index is 553. The third-order valence-electron chi connectivity index (χ3n) is 2.52. The number of anilines is 1. The summed E-state index contributed by atoms with van der Waals surface area (Å²) >= 11 is 1.51. The van der Waals surface area contributed by atoms with Gasteiger partial charge in [-0.3, -0.25) is 9.78 Å². The van der Waals surface area contributed by atoms with Crippen LogP contribution in [0.4, 0.5) is 5.69 Å². The zero-order valence-electron chi connectivity index (χ0n) is 10.2. The molecule has 2 aromatic heterocycles. The van der Waals surface area contributed by atoms with Crippen molar-refractivity contribution in [3.05, 3.63) is 40.1 Å². The van der Waals surface area contributed by atoms with E-state index in [0.717, 1.165) is 5.01 Å². The Balaban J connectivity index is 2.15. The van der Waals surface area contributed by atoms with Crippen molar-refractivity contribution in [3.8, 4) is 0 Å². The number of amides is 1. The van der Waals surface area contributed by atoms with Gasteiger partial charge in [-0.25, -0.2) is 4.98 Å². The molecule has 0 aliphatic rings. The van der Waals surface area contributed by atoms with E-state index < -0.39 is 0 Å². The average Bonchev–Trinajstić information content (AvgIpc) is 2.85. The monoisotopic (exact) mass is 262 g/mol. The Labute approximate surface area is 109 Å². The van der Waals surface area contributed by atoms with Crippen LogP contribution in [0, 0.1) is 6.92 Å². The lowest BCUT2D eigenvalue weighted by molar-refractivity contribution is 0.0939. The van der Waals surface area contributed by atoms with Gasteiger partial charge in [0.25, 0.3) is 5.91 Å². The van der Waals surface area contributed by atoms with Crippen LogP contribution < -0.4 is 11.1 Å². The molecule has 0 saturated carbocycles. The summed E-state index contributed by atoms with van der Waals surface area (Å²) in [6.07, 6.45) is 3.26. The van der Waals surface area contributed by atoms with Gasteiger partial charge in [-0.2, -0.15) is 0 Å². The van der Waals surface area contributed by atoms with Crippen molar-refractivity contribution in [2.75, 3.05) is 5.73 Å². The van der Waals surface area contributed by atoms with E-state index in [1.807, 2.05) is 12.3 Å². The summed E-state index contributed by atoms with van der Waals surface area (Å²) in [5, 5.41) is 5.63. The molecule has 3 N–H and O–H groups in total. The molecule has 0 saturated heterocycles. The first kappa shape index (κ1) is 12.5. The Morgan fingerprint density at radius 1 is 1.50 bits per heavy atom. The minimum Gasteiger partial charge on any atom is -0.397 e. The molecule has 1 amide bonds. The minimum absolute atomic E-state index is 0.127. The van der Waals surface area contributed by atoms with Crippen LogP contribution in [0.3, 0.4) is 0 Å². The molecule has 94 valence electrons. The lowest BCUT2D eigenvalue weighted by atomic mass is 10.1. The molecule has 0 bridgehead atoms. The molecule has 1 unspecified atom stereocenters. The number of thiazole rings is 1. The number of nitrogen functional groups attached to an aromatic ring is 1. The van der Waals surface area contributed by atoms with Crippen molar-refractivity contribution in [1.29, 1.82) is 0 Å². The number of rotatable bonds is 3. The molecule has 2 aromatic rings. The van der Waals surface area contributed by atoms with Crippen molar-refractivity contribution in [1.82, 2.24) is 15.3 Å². The molecule has 2 rings (SSSR count). The number of nitrogens with one attached hydrogen (secondary N) is 1. The number of hydrogen-bond donors (Lipinski definition) is 2. The van der Waals surface area contributed by atoms with Crippen LogP contribution >= 0.6 is 11.3 Å². The normalized spacial score (nSPS) is 12.1. The summed E-state index contributed by atoms with van der Waals surface area (Å²) in [5.41, 5.74) is 7.28. The molecule has 0 fully saturated rings. The molecule has 5 nitrogen and oxygen atoms in total. The third-order valence-corrected chi connectivity index (χ3v) is 3.48. The van der Waals surface area contributed by atoms with Crippen molar-refractivity contribution >= 4 is 22.9 Å². The molecule has 0 spiro atoms. The molecule has 1 atom stereocenters. The number of nitrogens with zero attached hydrogens (tertiary/aromatic N) is 2.